The molecule has 0 amide bonds. The van der Waals surface area contributed by atoms with Gasteiger partial charge in [0.05, 0.1) is 0 Å². The lowest BCUT2D eigenvalue weighted by atomic mass is 9.95. The van der Waals surface area contributed by atoms with Crippen LogP contribution in [0, 0.1) is 5.92 Å². The van der Waals surface area contributed by atoms with Crippen molar-refractivity contribution in [1.82, 2.24) is 0 Å². The van der Waals surface area contributed by atoms with Gasteiger partial charge in [0.1, 0.15) is 6.29 Å². The number of hydrogen-bond acceptors (Lipinski definition) is 1. The van der Waals surface area contributed by atoms with Gasteiger partial charge in [-0.1, -0.05) is 122 Å². The summed E-state index contributed by atoms with van der Waals surface area (Å²) in [5, 5.41) is 0. The predicted molar refractivity (Wildman–Crippen MR) is 123 cm³/mol. The summed E-state index contributed by atoms with van der Waals surface area (Å²) >= 11 is 5.69. The molecule has 0 radical (unpaired) electrons. The van der Waals surface area contributed by atoms with Crippen LogP contribution in [-0.2, 0) is 4.79 Å². The number of aldehydes is 1. The molecule has 0 bridgehead atoms. The number of carbonyl (C=O) groups excluding carboxylic acids is 1. The molecule has 162 valence electrons. The lowest BCUT2D eigenvalue weighted by molar-refractivity contribution is -0.111. The minimum Gasteiger partial charge on any atom is -0.303 e. The third kappa shape index (κ3) is 22.1. The second kappa shape index (κ2) is 24.0. The molecule has 1 atom stereocenters. The van der Waals surface area contributed by atoms with Gasteiger partial charge in [-0.2, -0.15) is 0 Å². The lowest BCUT2D eigenvalue weighted by Crippen LogP contribution is -2.02. The molecule has 0 aliphatic heterocycles. The highest BCUT2D eigenvalue weighted by atomic mass is 35.5. The minimum absolute atomic E-state index is 0.308. The first kappa shape index (κ1) is 27.0. The van der Waals surface area contributed by atoms with Crippen LogP contribution in [0.3, 0.4) is 0 Å². The van der Waals surface area contributed by atoms with E-state index in [0.717, 1.165) is 25.1 Å². The van der Waals surface area contributed by atoms with Crippen molar-refractivity contribution in [2.24, 2.45) is 5.92 Å². The van der Waals surface area contributed by atoms with Crippen molar-refractivity contribution in [1.29, 1.82) is 0 Å². The first-order valence-corrected chi connectivity index (χ1v) is 12.9. The number of halogens is 1. The fourth-order valence-corrected chi connectivity index (χ4v) is 4.10. The molecule has 0 spiro atoms. The molecule has 27 heavy (non-hydrogen) atoms. The predicted octanol–water partition coefficient (Wildman–Crippen LogP) is 9.25. The molecule has 1 nitrogen and oxygen atoms in total. The van der Waals surface area contributed by atoms with Crippen LogP contribution in [0.15, 0.2) is 0 Å². The number of carbonyl (C=O) groups is 1. The van der Waals surface area contributed by atoms with E-state index >= 15 is 0 Å². The van der Waals surface area contributed by atoms with Gasteiger partial charge >= 0.3 is 0 Å². The normalized spacial score (nSPS) is 12.4. The molecule has 0 fully saturated rings. The summed E-state index contributed by atoms with van der Waals surface area (Å²) < 4.78 is 0. The van der Waals surface area contributed by atoms with E-state index in [9.17, 15) is 4.79 Å². The zero-order valence-corrected chi connectivity index (χ0v) is 19.3. The van der Waals surface area contributed by atoms with Crippen LogP contribution in [0.4, 0.5) is 0 Å². The van der Waals surface area contributed by atoms with Crippen LogP contribution in [0.5, 0.6) is 0 Å². The van der Waals surface area contributed by atoms with E-state index in [0.29, 0.717) is 5.92 Å². The van der Waals surface area contributed by atoms with Crippen molar-refractivity contribution < 1.29 is 4.79 Å². The second-order valence-electron chi connectivity index (χ2n) is 8.53. The van der Waals surface area contributed by atoms with Crippen molar-refractivity contribution >= 4 is 17.9 Å². The Morgan fingerprint density at radius 3 is 1.22 bits per heavy atom. The van der Waals surface area contributed by atoms with Crippen molar-refractivity contribution in [2.75, 3.05) is 5.88 Å². The molecule has 0 rings (SSSR count). The van der Waals surface area contributed by atoms with Crippen molar-refractivity contribution in [3.05, 3.63) is 0 Å². The van der Waals surface area contributed by atoms with Gasteiger partial charge in [-0.05, 0) is 19.3 Å². The number of hydrogen-bond donors (Lipinski definition) is 0. The Kier molecular flexibility index (Phi) is 24.0. The van der Waals surface area contributed by atoms with Crippen LogP contribution in [-0.4, -0.2) is 12.2 Å². The topological polar surface area (TPSA) is 17.1 Å². The van der Waals surface area contributed by atoms with E-state index in [1.807, 2.05) is 0 Å². The maximum absolute atomic E-state index is 11.2. The van der Waals surface area contributed by atoms with Crippen LogP contribution in [0.2, 0.25) is 0 Å². The molecule has 0 heterocycles. The highest BCUT2D eigenvalue weighted by Crippen LogP contribution is 2.18. The van der Waals surface area contributed by atoms with Crippen LogP contribution in [0.1, 0.15) is 142 Å². The van der Waals surface area contributed by atoms with Crippen LogP contribution in [0.25, 0.3) is 0 Å². The molecule has 0 aliphatic carbocycles. The van der Waals surface area contributed by atoms with E-state index in [4.69, 9.17) is 11.6 Å². The summed E-state index contributed by atoms with van der Waals surface area (Å²) in [6.07, 6.45) is 29.2. The van der Waals surface area contributed by atoms with Gasteiger partial charge in [-0.3, -0.25) is 0 Å². The van der Waals surface area contributed by atoms with Crippen LogP contribution < -0.4 is 0 Å². The first-order valence-electron chi connectivity index (χ1n) is 12.4. The largest absolute Gasteiger partial charge is 0.303 e. The maximum Gasteiger partial charge on any atom is 0.123 e. The lowest BCUT2D eigenvalue weighted by Gasteiger charge is -2.10. The Bertz CT molecular complexity index is 279. The number of rotatable bonds is 23. The third-order valence-corrected chi connectivity index (χ3v) is 6.10. The highest BCUT2D eigenvalue weighted by molar-refractivity contribution is 6.17. The van der Waals surface area contributed by atoms with E-state index in [1.54, 1.807) is 0 Å². The molecule has 0 saturated carbocycles. The van der Waals surface area contributed by atoms with Gasteiger partial charge in [0, 0.05) is 11.8 Å². The smallest absolute Gasteiger partial charge is 0.123 e. The zero-order chi connectivity index (χ0) is 19.8. The molecule has 0 aromatic carbocycles. The van der Waals surface area contributed by atoms with E-state index in [1.165, 1.54) is 122 Å². The summed E-state index contributed by atoms with van der Waals surface area (Å²) in [4.78, 5) is 11.2. The molecule has 1 unspecified atom stereocenters. The summed E-state index contributed by atoms with van der Waals surface area (Å²) in [7, 11) is 0. The number of unbranched alkanes of at least 4 members (excludes halogenated alkanes) is 17. The maximum atomic E-state index is 11.2. The van der Waals surface area contributed by atoms with Gasteiger partial charge < -0.3 is 4.79 Å². The Labute approximate surface area is 176 Å². The Morgan fingerprint density at radius 1 is 0.556 bits per heavy atom. The molecular formula is C25H49ClO. The molecule has 0 aromatic rings. The minimum atomic E-state index is 0.308. The fraction of sp³-hybridized carbons (Fsp3) is 0.960. The summed E-state index contributed by atoms with van der Waals surface area (Å²) in [5.74, 6) is 1.08. The Balaban J connectivity index is 3.21. The average Bonchev–Trinajstić information content (AvgIpc) is 2.69. The summed E-state index contributed by atoms with van der Waals surface area (Å²) in [5.41, 5.74) is 0. The van der Waals surface area contributed by atoms with Gasteiger partial charge in [-0.15, -0.1) is 11.6 Å². The van der Waals surface area contributed by atoms with E-state index < -0.39 is 0 Å². The Hall–Kier alpha value is -0.0400. The van der Waals surface area contributed by atoms with Crippen molar-refractivity contribution in [3.8, 4) is 0 Å². The monoisotopic (exact) mass is 400 g/mol. The average molecular weight is 401 g/mol. The molecule has 2 heteroatoms. The molecule has 0 saturated heterocycles. The summed E-state index contributed by atoms with van der Waals surface area (Å²) in [6, 6.07) is 0. The zero-order valence-electron chi connectivity index (χ0n) is 18.5. The third-order valence-electron chi connectivity index (χ3n) is 5.83. The number of alkyl halides is 1. The molecule has 0 aromatic heterocycles. The Morgan fingerprint density at radius 2 is 0.889 bits per heavy atom. The van der Waals surface area contributed by atoms with Crippen molar-refractivity contribution in [2.45, 2.75) is 142 Å². The summed E-state index contributed by atoms with van der Waals surface area (Å²) in [6.45, 7) is 2.29. The fourth-order valence-electron chi connectivity index (χ4n) is 3.91. The van der Waals surface area contributed by atoms with Gasteiger partial charge in [0.2, 0.25) is 0 Å². The SMILES string of the molecule is CCCCCCCCCCCCCCCCCC(C=O)CCCCCCCl. The van der Waals surface area contributed by atoms with Crippen LogP contribution >= 0.6 is 11.6 Å². The quantitative estimate of drug-likeness (QED) is 0.0947. The molecule has 0 N–H and O–H groups in total. The van der Waals surface area contributed by atoms with Gasteiger partial charge in [0.15, 0.2) is 0 Å². The van der Waals surface area contributed by atoms with Crippen molar-refractivity contribution in [3.63, 3.8) is 0 Å². The van der Waals surface area contributed by atoms with E-state index in [-0.39, 0.29) is 0 Å². The first-order chi connectivity index (χ1) is 13.3. The molecular weight excluding hydrogens is 352 g/mol. The second-order valence-corrected chi connectivity index (χ2v) is 8.90. The van der Waals surface area contributed by atoms with Gasteiger partial charge in [-0.25, -0.2) is 0 Å². The van der Waals surface area contributed by atoms with Gasteiger partial charge in [0.25, 0.3) is 0 Å². The molecule has 0 aliphatic rings. The van der Waals surface area contributed by atoms with E-state index in [2.05, 4.69) is 6.92 Å². The highest BCUT2D eigenvalue weighted by Gasteiger charge is 2.06. The standard InChI is InChI=1S/C25H49ClO/c1-2-3-4-5-6-7-8-9-10-11-12-13-14-15-18-21-25(24-27)22-19-16-17-20-23-26/h24-25H,2-23H2,1H3.